The van der Waals surface area contributed by atoms with E-state index in [1.807, 2.05) is 18.2 Å². The first-order chi connectivity index (χ1) is 10.1. The Morgan fingerprint density at radius 3 is 2.52 bits per heavy atom. The molecule has 1 rings (SSSR count). The molecule has 2 N–H and O–H groups in total. The molecular weight excluding hydrogens is 294 g/mol. The van der Waals surface area contributed by atoms with Crippen molar-refractivity contribution in [3.63, 3.8) is 0 Å². The molecule has 7 heteroatoms. The number of hydrogen-bond acceptors (Lipinski definition) is 5. The minimum atomic E-state index is -0.921. The van der Waals surface area contributed by atoms with Crippen LogP contribution in [0.1, 0.15) is 12.8 Å². The summed E-state index contributed by atoms with van der Waals surface area (Å²) in [5, 5.41) is 11.0. The molecule has 1 aromatic carbocycles. The van der Waals surface area contributed by atoms with Gasteiger partial charge in [0, 0.05) is 23.6 Å². The quantitative estimate of drug-likeness (QED) is 0.676. The number of carbonyl (C=O) groups excluding carboxylic acids is 1. The molecule has 0 saturated carbocycles. The van der Waals surface area contributed by atoms with E-state index in [1.54, 1.807) is 14.2 Å². The molecule has 21 heavy (non-hydrogen) atoms. The Kier molecular flexibility index (Phi) is 7.45. The maximum atomic E-state index is 11.5. The van der Waals surface area contributed by atoms with E-state index >= 15 is 0 Å². The van der Waals surface area contributed by atoms with Crippen LogP contribution in [-0.2, 0) is 9.59 Å². The van der Waals surface area contributed by atoms with E-state index in [9.17, 15) is 9.59 Å². The van der Waals surface area contributed by atoms with E-state index in [0.29, 0.717) is 23.7 Å². The predicted molar refractivity (Wildman–Crippen MR) is 80.1 cm³/mol. The largest absolute Gasteiger partial charge is 0.493 e. The van der Waals surface area contributed by atoms with Gasteiger partial charge in [-0.1, -0.05) is 0 Å². The molecule has 6 nitrogen and oxygen atoms in total. The Balaban J connectivity index is 2.35. The van der Waals surface area contributed by atoms with Crippen LogP contribution in [0.2, 0.25) is 0 Å². The van der Waals surface area contributed by atoms with Gasteiger partial charge < -0.3 is 19.9 Å². The summed E-state index contributed by atoms with van der Waals surface area (Å²) in [4.78, 5) is 22.8. The molecule has 0 bridgehead atoms. The number of carboxylic acid groups (broad SMARTS) is 1. The van der Waals surface area contributed by atoms with Crippen molar-refractivity contribution in [2.24, 2.45) is 0 Å². The maximum Gasteiger partial charge on any atom is 0.305 e. The average Bonchev–Trinajstić information content (AvgIpc) is 2.46. The van der Waals surface area contributed by atoms with Crippen molar-refractivity contribution >= 4 is 23.6 Å². The van der Waals surface area contributed by atoms with Crippen molar-refractivity contribution in [1.82, 2.24) is 5.32 Å². The van der Waals surface area contributed by atoms with Gasteiger partial charge in [0.1, 0.15) is 0 Å². The van der Waals surface area contributed by atoms with Crippen molar-refractivity contribution in [2.75, 3.05) is 26.5 Å². The highest BCUT2D eigenvalue weighted by molar-refractivity contribution is 7.99. The first-order valence-electron chi connectivity index (χ1n) is 6.40. The van der Waals surface area contributed by atoms with Crippen LogP contribution in [-0.4, -0.2) is 43.5 Å². The van der Waals surface area contributed by atoms with E-state index in [0.717, 1.165) is 4.90 Å². The van der Waals surface area contributed by atoms with Gasteiger partial charge >= 0.3 is 5.97 Å². The zero-order chi connectivity index (χ0) is 15.7. The van der Waals surface area contributed by atoms with Gasteiger partial charge in [-0.05, 0) is 18.2 Å². The average molecular weight is 313 g/mol. The lowest BCUT2D eigenvalue weighted by Gasteiger charge is -2.09. The summed E-state index contributed by atoms with van der Waals surface area (Å²) in [5.41, 5.74) is 0. The second-order valence-corrected chi connectivity index (χ2v) is 5.28. The Labute approximate surface area is 127 Å². The van der Waals surface area contributed by atoms with E-state index < -0.39 is 5.97 Å². The lowest BCUT2D eigenvalue weighted by atomic mass is 10.3. The summed E-state index contributed by atoms with van der Waals surface area (Å²) < 4.78 is 10.4. The van der Waals surface area contributed by atoms with Crippen LogP contribution in [0.15, 0.2) is 23.1 Å². The number of nitrogens with one attached hydrogen (secondary N) is 1. The second-order valence-electron chi connectivity index (χ2n) is 4.11. The lowest BCUT2D eigenvalue weighted by Crippen LogP contribution is -2.26. The standard InChI is InChI=1S/C14H19NO5S/c1-19-11-4-3-10(9-12(11)20-2)21-8-6-13(16)15-7-5-14(17)18/h3-4,9H,5-8H2,1-2H3,(H,15,16)(H,17,18). The number of thioether (sulfide) groups is 1. The van der Waals surface area contributed by atoms with Crippen molar-refractivity contribution in [1.29, 1.82) is 0 Å². The van der Waals surface area contributed by atoms with Gasteiger partial charge in [0.15, 0.2) is 11.5 Å². The van der Waals surface area contributed by atoms with Gasteiger partial charge in [-0.3, -0.25) is 9.59 Å². The highest BCUT2D eigenvalue weighted by Crippen LogP contribution is 2.31. The van der Waals surface area contributed by atoms with Crippen molar-refractivity contribution in [3.8, 4) is 11.5 Å². The van der Waals surface area contributed by atoms with Crippen LogP contribution in [0.5, 0.6) is 11.5 Å². The lowest BCUT2D eigenvalue weighted by molar-refractivity contribution is -0.136. The number of hydrogen-bond donors (Lipinski definition) is 2. The number of benzene rings is 1. The Bertz CT molecular complexity index is 492. The minimum absolute atomic E-state index is 0.0610. The Morgan fingerprint density at radius 1 is 1.19 bits per heavy atom. The maximum absolute atomic E-state index is 11.5. The molecule has 116 valence electrons. The molecule has 0 heterocycles. The van der Waals surface area contributed by atoms with Gasteiger partial charge in [0.25, 0.3) is 0 Å². The molecule has 0 atom stereocenters. The number of aliphatic carboxylic acids is 1. The highest BCUT2D eigenvalue weighted by Gasteiger charge is 2.06. The molecule has 0 fully saturated rings. The number of amides is 1. The van der Waals surface area contributed by atoms with E-state index in [4.69, 9.17) is 14.6 Å². The zero-order valence-corrected chi connectivity index (χ0v) is 12.9. The van der Waals surface area contributed by atoms with Gasteiger partial charge in [0.2, 0.25) is 5.91 Å². The summed E-state index contributed by atoms with van der Waals surface area (Å²) >= 11 is 1.52. The van der Waals surface area contributed by atoms with Crippen LogP contribution < -0.4 is 14.8 Å². The third-order valence-corrected chi connectivity index (χ3v) is 3.61. The fourth-order valence-corrected chi connectivity index (χ4v) is 2.44. The van der Waals surface area contributed by atoms with E-state index in [2.05, 4.69) is 5.32 Å². The van der Waals surface area contributed by atoms with Crippen molar-refractivity contribution in [2.45, 2.75) is 17.7 Å². The molecule has 0 saturated heterocycles. The van der Waals surface area contributed by atoms with Crippen LogP contribution in [0.4, 0.5) is 0 Å². The molecule has 0 aliphatic carbocycles. The molecule has 0 aromatic heterocycles. The highest BCUT2D eigenvalue weighted by atomic mass is 32.2. The Morgan fingerprint density at radius 2 is 1.90 bits per heavy atom. The zero-order valence-electron chi connectivity index (χ0n) is 12.0. The number of carbonyl (C=O) groups is 2. The number of carboxylic acids is 1. The van der Waals surface area contributed by atoms with Crippen LogP contribution in [0.3, 0.4) is 0 Å². The van der Waals surface area contributed by atoms with Crippen molar-refractivity contribution in [3.05, 3.63) is 18.2 Å². The van der Waals surface area contributed by atoms with E-state index in [1.165, 1.54) is 11.8 Å². The number of methoxy groups -OCH3 is 2. The van der Waals surface area contributed by atoms with E-state index in [-0.39, 0.29) is 18.9 Å². The summed E-state index contributed by atoms with van der Waals surface area (Å²) in [6.07, 6.45) is 0.271. The summed E-state index contributed by atoms with van der Waals surface area (Å²) in [7, 11) is 3.15. The summed E-state index contributed by atoms with van der Waals surface area (Å²) in [6, 6.07) is 5.56. The monoisotopic (exact) mass is 313 g/mol. The molecular formula is C14H19NO5S. The molecule has 1 amide bonds. The smallest absolute Gasteiger partial charge is 0.305 e. The summed E-state index contributed by atoms with van der Waals surface area (Å²) in [6.45, 7) is 0.162. The van der Waals surface area contributed by atoms with Gasteiger partial charge in [0.05, 0.1) is 20.6 Å². The topological polar surface area (TPSA) is 84.9 Å². The summed E-state index contributed by atoms with van der Waals surface area (Å²) in [5.74, 6) is 0.842. The SMILES string of the molecule is COc1ccc(SCCC(=O)NCCC(=O)O)cc1OC. The molecule has 0 radical (unpaired) electrons. The molecule has 0 aliphatic heterocycles. The fraction of sp³-hybridized carbons (Fsp3) is 0.429. The molecule has 0 unspecified atom stereocenters. The minimum Gasteiger partial charge on any atom is -0.493 e. The predicted octanol–water partition coefficient (Wildman–Crippen LogP) is 1.78. The normalized spacial score (nSPS) is 10.0. The number of rotatable bonds is 9. The first kappa shape index (κ1) is 17.2. The van der Waals surface area contributed by atoms with Crippen molar-refractivity contribution < 1.29 is 24.2 Å². The number of ether oxygens (including phenoxy) is 2. The Hall–Kier alpha value is -1.89. The molecule has 0 aliphatic rings. The van der Waals surface area contributed by atoms with Gasteiger partial charge in [-0.2, -0.15) is 0 Å². The van der Waals surface area contributed by atoms with Gasteiger partial charge in [-0.15, -0.1) is 11.8 Å². The third kappa shape index (κ3) is 6.40. The van der Waals surface area contributed by atoms with Crippen LogP contribution in [0, 0.1) is 0 Å². The van der Waals surface area contributed by atoms with Crippen LogP contribution in [0.25, 0.3) is 0 Å². The molecule has 1 aromatic rings. The van der Waals surface area contributed by atoms with Gasteiger partial charge in [-0.25, -0.2) is 0 Å². The fourth-order valence-electron chi connectivity index (χ4n) is 1.57. The third-order valence-electron chi connectivity index (χ3n) is 2.61. The van der Waals surface area contributed by atoms with Crippen LogP contribution >= 0.6 is 11.8 Å². The second kappa shape index (κ2) is 9.12. The first-order valence-corrected chi connectivity index (χ1v) is 7.38. The molecule has 0 spiro atoms.